The number of nitro benzene ring substituents is 1. The maximum absolute atomic E-state index is 12.6. The molecule has 0 aliphatic carbocycles. The molecule has 160 valence electrons. The highest BCUT2D eigenvalue weighted by Crippen LogP contribution is 2.37. The Hall–Kier alpha value is -3.60. The molecule has 11 heteroatoms. The van der Waals surface area contributed by atoms with Gasteiger partial charge in [0.2, 0.25) is 5.91 Å². The predicted octanol–water partition coefficient (Wildman–Crippen LogP) is 1.76. The summed E-state index contributed by atoms with van der Waals surface area (Å²) >= 11 is 1.43. The Balaban J connectivity index is 1.33. The van der Waals surface area contributed by atoms with Crippen LogP contribution in [0.4, 0.5) is 5.69 Å². The topological polar surface area (TPSA) is 132 Å². The summed E-state index contributed by atoms with van der Waals surface area (Å²) in [5, 5.41) is 13.0. The average molecular weight is 443 g/mol. The van der Waals surface area contributed by atoms with E-state index in [-0.39, 0.29) is 41.6 Å². The van der Waals surface area contributed by atoms with Gasteiger partial charge in [0.15, 0.2) is 0 Å². The lowest BCUT2D eigenvalue weighted by Gasteiger charge is -2.48. The number of non-ortho nitro benzene ring substituents is 1. The number of carbonyl (C=O) groups excluding carboxylic acids is 3. The first-order valence-corrected chi connectivity index (χ1v) is 10.4. The number of nitrogens with one attached hydrogen (secondary N) is 1. The van der Waals surface area contributed by atoms with E-state index in [0.717, 1.165) is 0 Å². The monoisotopic (exact) mass is 443 g/mol. The first-order valence-electron chi connectivity index (χ1n) is 9.31. The fraction of sp³-hybridized carbons (Fsp3) is 0.250. The van der Waals surface area contributed by atoms with Gasteiger partial charge >= 0.3 is 5.97 Å². The predicted molar refractivity (Wildman–Crippen MR) is 108 cm³/mol. The number of rotatable bonds is 7. The van der Waals surface area contributed by atoms with Gasteiger partial charge in [0.05, 0.1) is 17.6 Å². The third kappa shape index (κ3) is 4.31. The number of nitro groups is 1. The normalized spacial score (nSPS) is 19.7. The van der Waals surface area contributed by atoms with E-state index in [9.17, 15) is 24.5 Å². The molecule has 0 radical (unpaired) electrons. The van der Waals surface area contributed by atoms with Crippen molar-refractivity contribution in [3.8, 4) is 0 Å². The van der Waals surface area contributed by atoms with Crippen LogP contribution < -0.4 is 5.32 Å². The number of benzene rings is 1. The molecule has 2 aromatic rings. The maximum atomic E-state index is 12.6. The fourth-order valence-corrected chi connectivity index (χ4v) is 4.46. The highest BCUT2D eigenvalue weighted by molar-refractivity contribution is 8.00. The summed E-state index contributed by atoms with van der Waals surface area (Å²) in [6, 6.07) is 8.27. The summed E-state index contributed by atoms with van der Waals surface area (Å²) in [5.41, 5.74) is 0.655. The van der Waals surface area contributed by atoms with Gasteiger partial charge in [-0.25, -0.2) is 4.79 Å². The SMILES string of the molecule is O=C(Cc1ccco1)NC1C(=O)N2C(C(=O)OCc3ccc([N+](=O)[O-])cc3)=CCS[C@@H]12. The zero-order chi connectivity index (χ0) is 22.0. The summed E-state index contributed by atoms with van der Waals surface area (Å²) in [6.45, 7) is -0.0860. The molecule has 0 spiro atoms. The molecule has 3 heterocycles. The second-order valence-electron chi connectivity index (χ2n) is 6.82. The maximum Gasteiger partial charge on any atom is 0.355 e. The van der Waals surface area contributed by atoms with Crippen molar-refractivity contribution in [1.29, 1.82) is 0 Å². The number of fused-ring (bicyclic) bond motifs is 1. The van der Waals surface area contributed by atoms with Gasteiger partial charge in [-0.15, -0.1) is 11.8 Å². The van der Waals surface area contributed by atoms with Crippen LogP contribution in [0.5, 0.6) is 0 Å². The third-order valence-electron chi connectivity index (χ3n) is 4.80. The van der Waals surface area contributed by atoms with Crippen molar-refractivity contribution in [1.82, 2.24) is 10.2 Å². The fourth-order valence-electron chi connectivity index (χ4n) is 3.26. The second-order valence-corrected chi connectivity index (χ2v) is 7.97. The van der Waals surface area contributed by atoms with Crippen molar-refractivity contribution >= 4 is 35.2 Å². The van der Waals surface area contributed by atoms with Crippen LogP contribution in [-0.4, -0.2) is 44.8 Å². The Morgan fingerprint density at radius 1 is 1.29 bits per heavy atom. The number of β-lactam (4-membered cyclic amide) rings is 1. The van der Waals surface area contributed by atoms with E-state index in [1.165, 1.54) is 47.2 Å². The lowest BCUT2D eigenvalue weighted by Crippen LogP contribution is -2.70. The summed E-state index contributed by atoms with van der Waals surface area (Å²) in [6.07, 6.45) is 3.10. The molecule has 1 aromatic heterocycles. The lowest BCUT2D eigenvalue weighted by molar-refractivity contribution is -0.384. The number of ether oxygens (including phenoxy) is 1. The third-order valence-corrected chi connectivity index (χ3v) is 5.99. The standard InChI is InChI=1S/C20H17N3O7S/c24-16(10-14-2-1-8-29-14)21-17-18(25)22-15(7-9-31-19(17)22)20(26)30-11-12-3-5-13(6-4-12)23(27)28/h1-8,17,19H,9-11H2,(H,21,24)/t17?,19-/m0/s1. The van der Waals surface area contributed by atoms with Gasteiger partial charge in [0, 0.05) is 17.9 Å². The molecule has 0 saturated carbocycles. The quantitative estimate of drug-likeness (QED) is 0.296. The smallest absolute Gasteiger partial charge is 0.355 e. The van der Waals surface area contributed by atoms with Crippen molar-refractivity contribution in [2.24, 2.45) is 0 Å². The van der Waals surface area contributed by atoms with Gasteiger partial charge in [-0.2, -0.15) is 0 Å². The molecular formula is C20H17N3O7S. The van der Waals surface area contributed by atoms with Gasteiger partial charge in [-0.3, -0.25) is 24.6 Å². The molecule has 4 rings (SSSR count). The summed E-state index contributed by atoms with van der Waals surface area (Å²) < 4.78 is 10.4. The molecular weight excluding hydrogens is 426 g/mol. The van der Waals surface area contributed by atoms with E-state index < -0.39 is 16.9 Å². The van der Waals surface area contributed by atoms with Crippen molar-refractivity contribution < 1.29 is 28.5 Å². The van der Waals surface area contributed by atoms with Crippen LogP contribution in [0.1, 0.15) is 11.3 Å². The molecule has 2 aliphatic heterocycles. The van der Waals surface area contributed by atoms with Gasteiger partial charge in [0.1, 0.15) is 29.5 Å². The first-order chi connectivity index (χ1) is 14.9. The Morgan fingerprint density at radius 2 is 2.06 bits per heavy atom. The largest absolute Gasteiger partial charge is 0.469 e. The molecule has 10 nitrogen and oxygen atoms in total. The van der Waals surface area contributed by atoms with E-state index in [0.29, 0.717) is 17.1 Å². The van der Waals surface area contributed by atoms with E-state index in [1.54, 1.807) is 18.2 Å². The minimum absolute atomic E-state index is 0.0220. The number of hydrogen-bond donors (Lipinski definition) is 1. The number of thioether (sulfide) groups is 1. The number of carbonyl (C=O) groups is 3. The molecule has 31 heavy (non-hydrogen) atoms. The van der Waals surface area contributed by atoms with Crippen LogP contribution in [0.25, 0.3) is 0 Å². The number of furan rings is 1. The van der Waals surface area contributed by atoms with Gasteiger partial charge in [-0.1, -0.05) is 0 Å². The highest BCUT2D eigenvalue weighted by atomic mass is 32.2. The zero-order valence-electron chi connectivity index (χ0n) is 16.1. The highest BCUT2D eigenvalue weighted by Gasteiger charge is 2.52. The molecule has 1 N–H and O–H groups in total. The van der Waals surface area contributed by atoms with Crippen molar-refractivity contribution in [3.63, 3.8) is 0 Å². The molecule has 2 aliphatic rings. The van der Waals surface area contributed by atoms with E-state index in [4.69, 9.17) is 9.15 Å². The van der Waals surface area contributed by atoms with E-state index in [2.05, 4.69) is 5.32 Å². The van der Waals surface area contributed by atoms with Crippen LogP contribution in [0.2, 0.25) is 0 Å². The first kappa shape index (κ1) is 20.7. The minimum atomic E-state index is -0.723. The minimum Gasteiger partial charge on any atom is -0.469 e. The van der Waals surface area contributed by atoms with E-state index in [1.807, 2.05) is 0 Å². The lowest BCUT2D eigenvalue weighted by atomic mass is 10.0. The Morgan fingerprint density at radius 3 is 2.74 bits per heavy atom. The number of nitrogens with zero attached hydrogens (tertiary/aromatic N) is 2. The van der Waals surface area contributed by atoms with Crippen LogP contribution in [0.15, 0.2) is 58.9 Å². The van der Waals surface area contributed by atoms with Crippen LogP contribution in [-0.2, 0) is 32.1 Å². The second kappa shape index (κ2) is 8.64. The molecule has 1 saturated heterocycles. The van der Waals surface area contributed by atoms with Crippen LogP contribution in [0, 0.1) is 10.1 Å². The number of esters is 1. The Kier molecular flexibility index (Phi) is 5.76. The molecule has 2 amide bonds. The molecule has 0 bridgehead atoms. The van der Waals surface area contributed by atoms with Crippen molar-refractivity contribution in [2.75, 3.05) is 5.75 Å². The molecule has 1 fully saturated rings. The molecule has 1 aromatic carbocycles. The van der Waals surface area contributed by atoms with Crippen molar-refractivity contribution in [3.05, 3.63) is 75.9 Å². The Labute approximate surface area is 180 Å². The summed E-state index contributed by atoms with van der Waals surface area (Å²) in [7, 11) is 0. The van der Waals surface area contributed by atoms with Gasteiger partial charge < -0.3 is 14.5 Å². The average Bonchev–Trinajstić information content (AvgIpc) is 3.28. The summed E-state index contributed by atoms with van der Waals surface area (Å²) in [4.78, 5) is 48.8. The number of amides is 2. The zero-order valence-corrected chi connectivity index (χ0v) is 16.9. The number of hydrogen-bond acceptors (Lipinski definition) is 8. The van der Waals surface area contributed by atoms with Crippen molar-refractivity contribution in [2.45, 2.75) is 24.4 Å². The molecule has 1 unspecified atom stereocenters. The van der Waals surface area contributed by atoms with Crippen LogP contribution in [0.3, 0.4) is 0 Å². The molecule has 2 atom stereocenters. The van der Waals surface area contributed by atoms with Gasteiger partial charge in [-0.05, 0) is 35.9 Å². The van der Waals surface area contributed by atoms with Gasteiger partial charge in [0.25, 0.3) is 11.6 Å². The summed E-state index contributed by atoms with van der Waals surface area (Å²) in [5.74, 6) is -0.417. The van der Waals surface area contributed by atoms with E-state index >= 15 is 0 Å². The Bertz CT molecular complexity index is 1050. The van der Waals surface area contributed by atoms with Crippen LogP contribution >= 0.6 is 11.8 Å².